The maximum absolute atomic E-state index is 12.4. The van der Waals surface area contributed by atoms with Crippen molar-refractivity contribution in [2.75, 3.05) is 13.6 Å². The molecule has 0 heterocycles. The maximum Gasteiger partial charge on any atom is 0.230 e. The van der Waals surface area contributed by atoms with Crippen LogP contribution < -0.4 is 5.73 Å². The summed E-state index contributed by atoms with van der Waals surface area (Å²) < 4.78 is 0. The highest BCUT2D eigenvalue weighted by molar-refractivity contribution is 5.83. The molecule has 0 spiro atoms. The molecule has 16 heavy (non-hydrogen) atoms. The van der Waals surface area contributed by atoms with E-state index in [0.717, 1.165) is 25.7 Å². The van der Waals surface area contributed by atoms with E-state index >= 15 is 0 Å². The van der Waals surface area contributed by atoms with E-state index < -0.39 is 0 Å². The van der Waals surface area contributed by atoms with Crippen LogP contribution in [0.5, 0.6) is 0 Å². The lowest BCUT2D eigenvalue weighted by atomic mass is 9.80. The van der Waals surface area contributed by atoms with E-state index in [0.29, 0.717) is 12.6 Å². The van der Waals surface area contributed by atoms with Gasteiger partial charge in [0, 0.05) is 19.6 Å². The van der Waals surface area contributed by atoms with Gasteiger partial charge in [0.1, 0.15) is 0 Å². The standard InChI is InChI=1S/C13H28N2O/c1-6-9-11(4)15(5)12(16)13(7-2,8-3)10-14/h11H,6-10,14H2,1-5H3. The molecule has 1 atom stereocenters. The largest absolute Gasteiger partial charge is 0.343 e. The molecule has 3 heteroatoms. The predicted octanol–water partition coefficient (Wildman–Crippen LogP) is 2.40. The van der Waals surface area contributed by atoms with Gasteiger partial charge < -0.3 is 10.6 Å². The van der Waals surface area contributed by atoms with E-state index in [9.17, 15) is 4.79 Å². The first-order valence-electron chi connectivity index (χ1n) is 6.46. The molecule has 0 aromatic carbocycles. The van der Waals surface area contributed by atoms with Gasteiger partial charge in [0.25, 0.3) is 0 Å². The number of hydrogen-bond donors (Lipinski definition) is 1. The van der Waals surface area contributed by atoms with Gasteiger partial charge in [-0.15, -0.1) is 0 Å². The van der Waals surface area contributed by atoms with Crippen LogP contribution in [0.2, 0.25) is 0 Å². The Balaban J connectivity index is 4.73. The molecule has 2 N–H and O–H groups in total. The number of nitrogens with zero attached hydrogens (tertiary/aromatic N) is 1. The smallest absolute Gasteiger partial charge is 0.230 e. The first-order valence-corrected chi connectivity index (χ1v) is 6.46. The summed E-state index contributed by atoms with van der Waals surface area (Å²) in [6, 6.07) is 0.307. The molecule has 0 aliphatic carbocycles. The SMILES string of the molecule is CCCC(C)N(C)C(=O)C(CC)(CC)CN. The lowest BCUT2D eigenvalue weighted by Gasteiger charge is -2.36. The van der Waals surface area contributed by atoms with E-state index in [4.69, 9.17) is 5.73 Å². The molecule has 0 fully saturated rings. The minimum atomic E-state index is -0.350. The van der Waals surface area contributed by atoms with Crippen molar-refractivity contribution in [1.29, 1.82) is 0 Å². The van der Waals surface area contributed by atoms with Crippen LogP contribution in [0, 0.1) is 5.41 Å². The van der Waals surface area contributed by atoms with E-state index in [2.05, 4.69) is 13.8 Å². The van der Waals surface area contributed by atoms with Crippen LogP contribution in [0.25, 0.3) is 0 Å². The number of carbonyl (C=O) groups excluding carboxylic acids is 1. The Kier molecular flexibility index (Phi) is 6.65. The summed E-state index contributed by atoms with van der Waals surface area (Å²) >= 11 is 0. The zero-order valence-electron chi connectivity index (χ0n) is 11.5. The van der Waals surface area contributed by atoms with Crippen molar-refractivity contribution in [2.24, 2.45) is 11.1 Å². The second-order valence-corrected chi connectivity index (χ2v) is 4.75. The van der Waals surface area contributed by atoms with Crippen LogP contribution in [0.3, 0.4) is 0 Å². The van der Waals surface area contributed by atoms with Gasteiger partial charge in [-0.05, 0) is 26.2 Å². The van der Waals surface area contributed by atoms with Crippen LogP contribution in [-0.2, 0) is 4.79 Å². The average molecular weight is 228 g/mol. The third-order valence-corrected chi connectivity index (χ3v) is 3.89. The monoisotopic (exact) mass is 228 g/mol. The minimum Gasteiger partial charge on any atom is -0.343 e. The van der Waals surface area contributed by atoms with Gasteiger partial charge >= 0.3 is 0 Å². The summed E-state index contributed by atoms with van der Waals surface area (Å²) in [5, 5.41) is 0. The van der Waals surface area contributed by atoms with Crippen LogP contribution in [0.15, 0.2) is 0 Å². The summed E-state index contributed by atoms with van der Waals surface area (Å²) in [6.45, 7) is 8.79. The van der Waals surface area contributed by atoms with Gasteiger partial charge in [-0.3, -0.25) is 4.79 Å². The number of carbonyl (C=O) groups is 1. The Hall–Kier alpha value is -0.570. The molecule has 0 bridgehead atoms. The fourth-order valence-corrected chi connectivity index (χ4v) is 2.11. The zero-order chi connectivity index (χ0) is 12.8. The van der Waals surface area contributed by atoms with Gasteiger partial charge in [-0.25, -0.2) is 0 Å². The molecule has 0 saturated carbocycles. The Bertz CT molecular complexity index is 204. The molecule has 0 rings (SSSR count). The van der Waals surface area contributed by atoms with Gasteiger partial charge in [-0.2, -0.15) is 0 Å². The first-order chi connectivity index (χ1) is 7.48. The highest BCUT2D eigenvalue weighted by atomic mass is 16.2. The van der Waals surface area contributed by atoms with E-state index in [-0.39, 0.29) is 11.3 Å². The molecule has 0 aromatic heterocycles. The van der Waals surface area contributed by atoms with Crippen molar-refractivity contribution >= 4 is 5.91 Å². The molecule has 0 aromatic rings. The number of rotatable bonds is 7. The summed E-state index contributed by atoms with van der Waals surface area (Å²) in [7, 11) is 1.90. The van der Waals surface area contributed by atoms with Crippen molar-refractivity contribution in [1.82, 2.24) is 4.90 Å². The second kappa shape index (κ2) is 6.89. The molecular formula is C13H28N2O. The zero-order valence-corrected chi connectivity index (χ0v) is 11.5. The lowest BCUT2D eigenvalue weighted by molar-refractivity contribution is -0.142. The number of amides is 1. The topological polar surface area (TPSA) is 46.3 Å². The highest BCUT2D eigenvalue weighted by Gasteiger charge is 2.36. The van der Waals surface area contributed by atoms with Crippen LogP contribution in [0.4, 0.5) is 0 Å². The first kappa shape index (κ1) is 15.4. The Morgan fingerprint density at radius 2 is 1.81 bits per heavy atom. The molecule has 96 valence electrons. The van der Waals surface area contributed by atoms with E-state index in [1.807, 2.05) is 25.8 Å². The maximum atomic E-state index is 12.4. The van der Waals surface area contributed by atoms with Gasteiger partial charge in [0.2, 0.25) is 5.91 Å². The minimum absolute atomic E-state index is 0.209. The molecule has 0 radical (unpaired) electrons. The number of nitrogens with two attached hydrogens (primary N) is 1. The number of hydrogen-bond acceptors (Lipinski definition) is 2. The van der Waals surface area contributed by atoms with Crippen LogP contribution in [-0.4, -0.2) is 30.4 Å². The summed E-state index contributed by atoms with van der Waals surface area (Å²) in [6.07, 6.45) is 3.80. The van der Waals surface area contributed by atoms with Crippen LogP contribution >= 0.6 is 0 Å². The quantitative estimate of drug-likeness (QED) is 0.727. The van der Waals surface area contributed by atoms with E-state index in [1.165, 1.54) is 0 Å². The third-order valence-electron chi connectivity index (χ3n) is 3.89. The Morgan fingerprint density at radius 1 is 1.31 bits per heavy atom. The van der Waals surface area contributed by atoms with Crippen molar-refractivity contribution in [3.8, 4) is 0 Å². The van der Waals surface area contributed by atoms with Gasteiger partial charge in [-0.1, -0.05) is 27.2 Å². The molecular weight excluding hydrogens is 200 g/mol. The van der Waals surface area contributed by atoms with E-state index in [1.54, 1.807) is 0 Å². The Labute approximate surface area is 100 Å². The van der Waals surface area contributed by atoms with Crippen molar-refractivity contribution < 1.29 is 4.79 Å². The fourth-order valence-electron chi connectivity index (χ4n) is 2.11. The van der Waals surface area contributed by atoms with Crippen molar-refractivity contribution in [3.63, 3.8) is 0 Å². The molecule has 3 nitrogen and oxygen atoms in total. The summed E-state index contributed by atoms with van der Waals surface area (Å²) in [5.74, 6) is 0.209. The molecule has 1 unspecified atom stereocenters. The van der Waals surface area contributed by atoms with Crippen molar-refractivity contribution in [3.05, 3.63) is 0 Å². The third kappa shape index (κ3) is 3.21. The fraction of sp³-hybridized carbons (Fsp3) is 0.923. The average Bonchev–Trinajstić information content (AvgIpc) is 2.31. The molecule has 0 saturated heterocycles. The van der Waals surface area contributed by atoms with Crippen molar-refractivity contribution in [2.45, 2.75) is 59.4 Å². The second-order valence-electron chi connectivity index (χ2n) is 4.75. The van der Waals surface area contributed by atoms with Crippen LogP contribution in [0.1, 0.15) is 53.4 Å². The van der Waals surface area contributed by atoms with Gasteiger partial charge in [0.15, 0.2) is 0 Å². The molecule has 1 amide bonds. The lowest BCUT2D eigenvalue weighted by Crippen LogP contribution is -2.48. The predicted molar refractivity (Wildman–Crippen MR) is 69.2 cm³/mol. The summed E-state index contributed by atoms with van der Waals surface area (Å²) in [5.41, 5.74) is 5.44. The normalized spacial score (nSPS) is 13.6. The molecule has 0 aliphatic heterocycles. The molecule has 0 aliphatic rings. The van der Waals surface area contributed by atoms with Gasteiger partial charge in [0.05, 0.1) is 5.41 Å². The highest BCUT2D eigenvalue weighted by Crippen LogP contribution is 2.28. The summed E-state index contributed by atoms with van der Waals surface area (Å²) in [4.78, 5) is 14.3. The Morgan fingerprint density at radius 3 is 2.12 bits per heavy atom.